The number of hydrogen-bond donors (Lipinski definition) is 2. The average Bonchev–Trinajstić information content (AvgIpc) is 2.95. The van der Waals surface area contributed by atoms with Crippen LogP contribution in [-0.4, -0.2) is 24.0 Å². The van der Waals surface area contributed by atoms with E-state index in [0.29, 0.717) is 16.7 Å². The van der Waals surface area contributed by atoms with E-state index in [2.05, 4.69) is 29.5 Å². The van der Waals surface area contributed by atoms with Crippen molar-refractivity contribution in [1.29, 1.82) is 0 Å². The summed E-state index contributed by atoms with van der Waals surface area (Å²) in [6, 6.07) is 6.70. The summed E-state index contributed by atoms with van der Waals surface area (Å²) in [7, 11) is 1.70. The van der Waals surface area contributed by atoms with Gasteiger partial charge in [0.2, 0.25) is 5.91 Å². The van der Waals surface area contributed by atoms with Crippen molar-refractivity contribution in [2.24, 2.45) is 0 Å². The second-order valence-electron chi connectivity index (χ2n) is 5.43. The minimum atomic E-state index is -0.345. The summed E-state index contributed by atoms with van der Waals surface area (Å²) in [6.45, 7) is 5.66. The molecule has 0 aliphatic heterocycles. The van der Waals surface area contributed by atoms with Gasteiger partial charge >= 0.3 is 6.03 Å². The first-order valence-corrected chi connectivity index (χ1v) is 8.06. The molecule has 1 heterocycles. The van der Waals surface area contributed by atoms with Crippen LogP contribution < -0.4 is 15.5 Å². The highest BCUT2D eigenvalue weighted by molar-refractivity contribution is 7.15. The second-order valence-corrected chi connectivity index (χ2v) is 6.49. The van der Waals surface area contributed by atoms with Gasteiger partial charge in [-0.3, -0.25) is 10.1 Å². The van der Waals surface area contributed by atoms with Gasteiger partial charge in [-0.25, -0.2) is 9.78 Å². The monoisotopic (exact) mass is 332 g/mol. The number of aromatic nitrogens is 1. The predicted octanol–water partition coefficient (Wildman–Crippen LogP) is 3.89. The van der Waals surface area contributed by atoms with Crippen molar-refractivity contribution in [2.75, 3.05) is 22.6 Å². The maximum absolute atomic E-state index is 12.0. The topological polar surface area (TPSA) is 74.3 Å². The Bertz CT molecular complexity index is 694. The van der Waals surface area contributed by atoms with Crippen molar-refractivity contribution >= 4 is 39.8 Å². The maximum atomic E-state index is 12.0. The highest BCUT2D eigenvalue weighted by Gasteiger charge is 2.09. The van der Waals surface area contributed by atoms with Crippen LogP contribution in [0.1, 0.15) is 31.6 Å². The Hall–Kier alpha value is -2.41. The first kappa shape index (κ1) is 17.0. The number of amides is 3. The largest absolute Gasteiger partial charge is 0.325 e. The van der Waals surface area contributed by atoms with E-state index in [1.54, 1.807) is 37.5 Å². The molecule has 1 aromatic heterocycles. The van der Waals surface area contributed by atoms with Gasteiger partial charge in [0.25, 0.3) is 0 Å². The third-order valence-corrected chi connectivity index (χ3v) is 4.51. The van der Waals surface area contributed by atoms with Crippen molar-refractivity contribution in [3.8, 4) is 0 Å². The first-order chi connectivity index (χ1) is 10.9. The van der Waals surface area contributed by atoms with Crippen molar-refractivity contribution in [1.82, 2.24) is 4.98 Å². The maximum Gasteiger partial charge on any atom is 0.325 e. The molecule has 0 atom stereocenters. The summed E-state index contributed by atoms with van der Waals surface area (Å²) in [5.41, 5.74) is 1.41. The molecule has 2 aromatic rings. The molecule has 23 heavy (non-hydrogen) atoms. The average molecular weight is 332 g/mol. The van der Waals surface area contributed by atoms with Crippen molar-refractivity contribution < 1.29 is 9.59 Å². The van der Waals surface area contributed by atoms with E-state index in [0.717, 1.165) is 10.6 Å². The van der Waals surface area contributed by atoms with Gasteiger partial charge in [0, 0.05) is 36.4 Å². The number of benzene rings is 1. The zero-order chi connectivity index (χ0) is 17.0. The number of nitrogens with zero attached hydrogens (tertiary/aromatic N) is 2. The Labute approximate surface area is 139 Å². The van der Waals surface area contributed by atoms with Crippen LogP contribution in [0.4, 0.5) is 21.3 Å². The molecule has 3 amide bonds. The summed E-state index contributed by atoms with van der Waals surface area (Å²) in [6.07, 6.45) is 1.78. The lowest BCUT2D eigenvalue weighted by Gasteiger charge is -2.15. The van der Waals surface area contributed by atoms with Crippen molar-refractivity contribution in [3.05, 3.63) is 35.3 Å². The third-order valence-electron chi connectivity index (χ3n) is 3.30. The van der Waals surface area contributed by atoms with Gasteiger partial charge in [0.1, 0.15) is 0 Å². The molecular formula is C16H20N4O2S. The van der Waals surface area contributed by atoms with Crippen LogP contribution in [-0.2, 0) is 4.79 Å². The Balaban J connectivity index is 1.95. The number of urea groups is 1. The number of hydrogen-bond acceptors (Lipinski definition) is 4. The lowest BCUT2D eigenvalue weighted by molar-refractivity contribution is -0.116. The molecule has 0 saturated carbocycles. The number of thiazole rings is 1. The molecule has 2 N–H and O–H groups in total. The second kappa shape index (κ2) is 7.23. The number of rotatable bonds is 4. The predicted molar refractivity (Wildman–Crippen MR) is 94.4 cm³/mol. The smallest absolute Gasteiger partial charge is 0.316 e. The zero-order valence-electron chi connectivity index (χ0n) is 13.6. The molecule has 0 aliphatic rings. The number of carbonyl (C=O) groups is 2. The fourth-order valence-corrected chi connectivity index (χ4v) is 2.63. The van der Waals surface area contributed by atoms with Gasteiger partial charge < -0.3 is 10.2 Å². The molecular weight excluding hydrogens is 312 g/mol. The molecule has 0 unspecified atom stereocenters. The van der Waals surface area contributed by atoms with Crippen LogP contribution in [0.25, 0.3) is 0 Å². The van der Waals surface area contributed by atoms with Crippen LogP contribution in [0.2, 0.25) is 0 Å². The van der Waals surface area contributed by atoms with Crippen molar-refractivity contribution in [3.63, 3.8) is 0 Å². The summed E-state index contributed by atoms with van der Waals surface area (Å²) >= 11 is 1.46. The minimum Gasteiger partial charge on any atom is -0.316 e. The standard InChI is InChI=1S/C16H20N4O2S/c1-10(2)14-9-17-16(23-14)19-15(22)18-12-5-7-13(8-6-12)20(4)11(3)21/h5-10H,1-4H3,(H2,17,18,19,22). The summed E-state index contributed by atoms with van der Waals surface area (Å²) < 4.78 is 0. The van der Waals surface area contributed by atoms with Crippen molar-refractivity contribution in [2.45, 2.75) is 26.7 Å². The first-order valence-electron chi connectivity index (χ1n) is 7.25. The van der Waals surface area contributed by atoms with E-state index in [1.807, 2.05) is 0 Å². The number of anilines is 3. The normalized spacial score (nSPS) is 10.5. The van der Waals surface area contributed by atoms with E-state index in [9.17, 15) is 9.59 Å². The van der Waals surface area contributed by atoms with E-state index >= 15 is 0 Å². The minimum absolute atomic E-state index is 0.0480. The Morgan fingerprint density at radius 3 is 2.35 bits per heavy atom. The van der Waals surface area contributed by atoms with E-state index in [-0.39, 0.29) is 11.9 Å². The SMILES string of the molecule is CC(=O)N(C)c1ccc(NC(=O)Nc2ncc(C(C)C)s2)cc1. The molecule has 0 aliphatic carbocycles. The molecule has 6 nitrogen and oxygen atoms in total. The lowest BCUT2D eigenvalue weighted by Crippen LogP contribution is -2.23. The van der Waals surface area contributed by atoms with Crippen LogP contribution in [0.15, 0.2) is 30.5 Å². The molecule has 2 rings (SSSR count). The van der Waals surface area contributed by atoms with E-state index < -0.39 is 0 Å². The molecule has 0 fully saturated rings. The molecule has 0 radical (unpaired) electrons. The van der Waals surface area contributed by atoms with Crippen LogP contribution >= 0.6 is 11.3 Å². The van der Waals surface area contributed by atoms with Gasteiger partial charge in [-0.2, -0.15) is 0 Å². The Morgan fingerprint density at radius 1 is 1.17 bits per heavy atom. The van der Waals surface area contributed by atoms with Gasteiger partial charge in [-0.1, -0.05) is 13.8 Å². The molecule has 122 valence electrons. The lowest BCUT2D eigenvalue weighted by atomic mass is 10.2. The molecule has 0 spiro atoms. The fraction of sp³-hybridized carbons (Fsp3) is 0.312. The number of nitrogens with one attached hydrogen (secondary N) is 2. The Morgan fingerprint density at radius 2 is 1.83 bits per heavy atom. The highest BCUT2D eigenvalue weighted by Crippen LogP contribution is 2.25. The number of carbonyl (C=O) groups excluding carboxylic acids is 2. The quantitative estimate of drug-likeness (QED) is 0.892. The molecule has 0 saturated heterocycles. The van der Waals surface area contributed by atoms with Crippen LogP contribution in [0.5, 0.6) is 0 Å². The summed E-state index contributed by atoms with van der Waals surface area (Å²) in [5.74, 6) is 0.338. The van der Waals surface area contributed by atoms with Crippen LogP contribution in [0, 0.1) is 0 Å². The van der Waals surface area contributed by atoms with Gasteiger partial charge in [0.15, 0.2) is 5.13 Å². The van der Waals surface area contributed by atoms with E-state index in [1.165, 1.54) is 23.2 Å². The zero-order valence-corrected chi connectivity index (χ0v) is 14.4. The molecule has 7 heteroatoms. The van der Waals surface area contributed by atoms with Gasteiger partial charge in [-0.05, 0) is 30.2 Å². The molecule has 1 aromatic carbocycles. The third kappa shape index (κ3) is 4.53. The fourth-order valence-electron chi connectivity index (χ4n) is 1.82. The van der Waals surface area contributed by atoms with Crippen LogP contribution in [0.3, 0.4) is 0 Å². The highest BCUT2D eigenvalue weighted by atomic mass is 32.1. The Kier molecular flexibility index (Phi) is 5.33. The van der Waals surface area contributed by atoms with E-state index in [4.69, 9.17) is 0 Å². The summed E-state index contributed by atoms with van der Waals surface area (Å²) in [4.78, 5) is 30.1. The van der Waals surface area contributed by atoms with Gasteiger partial charge in [0.05, 0.1) is 0 Å². The van der Waals surface area contributed by atoms with Gasteiger partial charge in [-0.15, -0.1) is 11.3 Å². The summed E-state index contributed by atoms with van der Waals surface area (Å²) in [5, 5.41) is 6.02. The molecule has 0 bridgehead atoms.